The van der Waals surface area contributed by atoms with Crippen molar-refractivity contribution >= 4 is 33.0 Å². The summed E-state index contributed by atoms with van der Waals surface area (Å²) in [5.74, 6) is -0.175. The molecule has 0 radical (unpaired) electrons. The molecule has 0 aromatic heterocycles. The van der Waals surface area contributed by atoms with E-state index in [1.807, 2.05) is 0 Å². The van der Waals surface area contributed by atoms with Crippen molar-refractivity contribution in [2.75, 3.05) is 18.1 Å². The minimum atomic E-state index is -3.80. The molecular weight excluding hydrogens is 278 g/mol. The van der Waals surface area contributed by atoms with Crippen molar-refractivity contribution in [3.05, 3.63) is 0 Å². The summed E-state index contributed by atoms with van der Waals surface area (Å²) in [6.45, 7) is 3.12. The Morgan fingerprint density at radius 1 is 1.44 bits per heavy atom. The molecule has 18 heavy (non-hydrogen) atoms. The van der Waals surface area contributed by atoms with E-state index >= 15 is 0 Å². The number of carboxylic acid groups (broad SMARTS) is 1. The summed E-state index contributed by atoms with van der Waals surface area (Å²) >= 11 is 0.908. The number of sulfonamides is 1. The minimum absolute atomic E-state index is 0.109. The molecule has 0 saturated carbocycles. The van der Waals surface area contributed by atoms with E-state index in [-0.39, 0.29) is 23.2 Å². The third kappa shape index (κ3) is 2.70. The lowest BCUT2D eigenvalue weighted by Crippen LogP contribution is -2.59. The molecule has 1 N–H and O–H groups in total. The average Bonchev–Trinajstić information content (AvgIpc) is 2.60. The molecule has 1 amide bonds. The fourth-order valence-electron chi connectivity index (χ4n) is 2.32. The normalized spacial score (nSPS) is 28.2. The minimum Gasteiger partial charge on any atom is -0.435 e. The molecule has 1 fully saturated rings. The number of quaternary nitrogens is 1. The van der Waals surface area contributed by atoms with Crippen LogP contribution in [0.15, 0.2) is 0 Å². The molecule has 0 bridgehead atoms. The van der Waals surface area contributed by atoms with E-state index in [0.717, 1.165) is 11.8 Å². The van der Waals surface area contributed by atoms with E-state index in [1.54, 1.807) is 6.92 Å². The number of carbonyl (C=O) groups is 2. The average molecular weight is 296 g/mol. The standard InChI is InChI=1S/C10H17NO5S2/c1-8-4-3-5-11(8,10(13)14)18(15,16)7-6-17-9(2)12/h8H,3-7H2,1-2H3/p+1/t8-,11?/m1/s1. The van der Waals surface area contributed by atoms with Gasteiger partial charge in [-0.1, -0.05) is 11.8 Å². The van der Waals surface area contributed by atoms with Gasteiger partial charge in [0.15, 0.2) is 5.12 Å². The Bertz CT molecular complexity index is 447. The van der Waals surface area contributed by atoms with Crippen LogP contribution in [-0.2, 0) is 14.8 Å². The number of nitrogens with zero attached hydrogens (tertiary/aromatic N) is 1. The molecule has 0 aliphatic carbocycles. The summed E-state index contributed by atoms with van der Waals surface area (Å²) in [5, 5.41) is 9.13. The number of carbonyl (C=O) groups excluding carboxylic acids is 1. The monoisotopic (exact) mass is 296 g/mol. The molecule has 0 spiro atoms. The van der Waals surface area contributed by atoms with Crippen molar-refractivity contribution in [3.8, 4) is 0 Å². The maximum absolute atomic E-state index is 12.3. The molecule has 1 heterocycles. The maximum Gasteiger partial charge on any atom is 0.529 e. The van der Waals surface area contributed by atoms with Crippen molar-refractivity contribution in [1.82, 2.24) is 0 Å². The second-order valence-corrected chi connectivity index (χ2v) is 7.91. The predicted molar refractivity (Wildman–Crippen MR) is 68.8 cm³/mol. The summed E-state index contributed by atoms with van der Waals surface area (Å²) in [6, 6.07) is -0.435. The fourth-order valence-corrected chi connectivity index (χ4v) is 5.41. The Morgan fingerprint density at radius 3 is 2.44 bits per heavy atom. The van der Waals surface area contributed by atoms with E-state index in [0.29, 0.717) is 12.8 Å². The molecular formula is C10H18NO5S2+. The molecule has 1 aliphatic rings. The lowest BCUT2D eigenvalue weighted by Gasteiger charge is -2.30. The fraction of sp³-hybridized carbons (Fsp3) is 0.800. The Balaban J connectivity index is 2.92. The number of amides is 1. The highest BCUT2D eigenvalue weighted by atomic mass is 32.2. The topological polar surface area (TPSA) is 88.5 Å². The number of likely N-dealkylation sites (tertiary alicyclic amines) is 1. The summed E-state index contributed by atoms with van der Waals surface area (Å²) < 4.78 is 23.6. The quantitative estimate of drug-likeness (QED) is 0.786. The zero-order valence-corrected chi connectivity index (χ0v) is 12.1. The van der Waals surface area contributed by atoms with Crippen molar-refractivity contribution in [1.29, 1.82) is 0 Å². The predicted octanol–water partition coefficient (Wildman–Crippen LogP) is 1.27. The second-order valence-electron chi connectivity index (χ2n) is 4.42. The van der Waals surface area contributed by atoms with Gasteiger partial charge in [-0.2, -0.15) is 13.2 Å². The van der Waals surface area contributed by atoms with Crippen LogP contribution in [0.3, 0.4) is 0 Å². The number of thioether (sulfide) groups is 1. The van der Waals surface area contributed by atoms with Gasteiger partial charge in [0.1, 0.15) is 18.3 Å². The Kier molecular flexibility index (Phi) is 4.79. The highest BCUT2D eigenvalue weighted by Crippen LogP contribution is 2.32. The molecule has 1 saturated heterocycles. The van der Waals surface area contributed by atoms with Crippen LogP contribution in [0.25, 0.3) is 0 Å². The number of rotatable bonds is 4. The zero-order valence-electron chi connectivity index (χ0n) is 10.5. The molecule has 1 unspecified atom stereocenters. The third-order valence-electron chi connectivity index (χ3n) is 3.29. The Labute approximate surface area is 111 Å². The molecule has 1 aliphatic heterocycles. The second kappa shape index (κ2) is 5.58. The summed E-state index contributed by atoms with van der Waals surface area (Å²) in [6.07, 6.45) is -0.134. The van der Waals surface area contributed by atoms with Gasteiger partial charge >= 0.3 is 16.1 Å². The van der Waals surface area contributed by atoms with Gasteiger partial charge in [0, 0.05) is 25.5 Å². The lowest BCUT2D eigenvalue weighted by atomic mass is 10.2. The van der Waals surface area contributed by atoms with Crippen LogP contribution in [0.4, 0.5) is 4.79 Å². The third-order valence-corrected chi connectivity index (χ3v) is 6.78. The van der Waals surface area contributed by atoms with Crippen molar-refractivity contribution in [2.45, 2.75) is 32.7 Å². The first-order valence-corrected chi connectivity index (χ1v) is 8.31. The van der Waals surface area contributed by atoms with Gasteiger partial charge in [-0.05, 0) is 6.92 Å². The molecule has 2 atom stereocenters. The van der Waals surface area contributed by atoms with E-state index in [1.165, 1.54) is 6.92 Å². The van der Waals surface area contributed by atoms with E-state index in [4.69, 9.17) is 0 Å². The largest absolute Gasteiger partial charge is 0.529 e. The smallest absolute Gasteiger partial charge is 0.435 e. The van der Waals surface area contributed by atoms with E-state index < -0.39 is 26.0 Å². The summed E-state index contributed by atoms with van der Waals surface area (Å²) in [7, 11) is -3.80. The van der Waals surface area contributed by atoms with Crippen LogP contribution in [0.1, 0.15) is 26.7 Å². The maximum atomic E-state index is 12.3. The highest BCUT2D eigenvalue weighted by Gasteiger charge is 2.56. The van der Waals surface area contributed by atoms with Crippen LogP contribution < -0.4 is 0 Å². The van der Waals surface area contributed by atoms with Crippen LogP contribution in [0.2, 0.25) is 0 Å². The molecule has 0 aromatic rings. The highest BCUT2D eigenvalue weighted by molar-refractivity contribution is 8.13. The van der Waals surface area contributed by atoms with Gasteiger partial charge < -0.3 is 5.11 Å². The van der Waals surface area contributed by atoms with Gasteiger partial charge in [-0.3, -0.25) is 4.79 Å². The molecule has 104 valence electrons. The van der Waals surface area contributed by atoms with Crippen LogP contribution in [-0.4, -0.2) is 52.7 Å². The summed E-state index contributed by atoms with van der Waals surface area (Å²) in [5.41, 5.74) is 0. The molecule has 6 nitrogen and oxygen atoms in total. The van der Waals surface area contributed by atoms with Crippen molar-refractivity contribution in [2.24, 2.45) is 0 Å². The first-order chi connectivity index (χ1) is 8.24. The Morgan fingerprint density at radius 2 is 2.06 bits per heavy atom. The number of hydrogen-bond acceptors (Lipinski definition) is 5. The lowest BCUT2D eigenvalue weighted by molar-refractivity contribution is -0.741. The summed E-state index contributed by atoms with van der Waals surface area (Å²) in [4.78, 5) is 22.2. The van der Waals surface area contributed by atoms with Crippen LogP contribution in [0, 0.1) is 0 Å². The van der Waals surface area contributed by atoms with Gasteiger partial charge in [-0.25, -0.2) is 0 Å². The van der Waals surface area contributed by atoms with Gasteiger partial charge in [0.25, 0.3) is 0 Å². The van der Waals surface area contributed by atoms with Crippen molar-refractivity contribution in [3.63, 3.8) is 0 Å². The SMILES string of the molecule is CC(=O)SCCS(=O)(=O)[N+]1(C(=O)O)CCC[C@H]1C. The Hall–Kier alpha value is -0.600. The molecule has 0 aromatic carbocycles. The number of hydrogen-bond donors (Lipinski definition) is 1. The first kappa shape index (κ1) is 15.5. The van der Waals surface area contributed by atoms with Gasteiger partial charge in [0.2, 0.25) is 0 Å². The van der Waals surface area contributed by atoms with Gasteiger partial charge in [-0.15, -0.1) is 3.89 Å². The van der Waals surface area contributed by atoms with Crippen LogP contribution in [0.5, 0.6) is 0 Å². The molecule has 1 rings (SSSR count). The van der Waals surface area contributed by atoms with E-state index in [9.17, 15) is 23.1 Å². The molecule has 8 heteroatoms. The zero-order chi connectivity index (χ0) is 14.0. The van der Waals surface area contributed by atoms with Crippen molar-refractivity contribution < 1.29 is 27.0 Å². The first-order valence-electron chi connectivity index (χ1n) is 5.71. The van der Waals surface area contributed by atoms with E-state index in [2.05, 4.69) is 0 Å². The van der Waals surface area contributed by atoms with Gasteiger partial charge in [0.05, 0.1) is 0 Å². The van der Waals surface area contributed by atoms with Crippen LogP contribution >= 0.6 is 11.8 Å².